The molecule has 0 aliphatic carbocycles. The van der Waals surface area contributed by atoms with Gasteiger partial charge in [-0.25, -0.2) is 9.97 Å². The lowest BCUT2D eigenvalue weighted by Crippen LogP contribution is -2.26. The monoisotopic (exact) mass is 330 g/mol. The van der Waals surface area contributed by atoms with Crippen molar-refractivity contribution in [3.63, 3.8) is 0 Å². The molecule has 0 radical (unpaired) electrons. The zero-order chi connectivity index (χ0) is 16.2. The Bertz CT molecular complexity index is 811. The van der Waals surface area contributed by atoms with Crippen LogP contribution in [0.4, 0.5) is 0 Å². The van der Waals surface area contributed by atoms with Gasteiger partial charge in [-0.2, -0.15) is 5.10 Å². The molecule has 0 unspecified atom stereocenters. The van der Waals surface area contributed by atoms with E-state index in [1.54, 1.807) is 12.1 Å². The van der Waals surface area contributed by atoms with Crippen LogP contribution in [0.1, 0.15) is 22.0 Å². The molecule has 0 aliphatic rings. The standard InChI is InChI=1S/C15H15ClN6O/c1-9-13(15(23)17-6-5-12-18-8-19-22-12)21-14(20-9)10-3-2-4-11(16)7-10/h2-4,7-8H,5-6H2,1H3,(H,17,23)(H,20,21)(H,18,19,22). The second-order valence-corrected chi connectivity index (χ2v) is 5.44. The molecule has 1 amide bonds. The van der Waals surface area contributed by atoms with E-state index < -0.39 is 0 Å². The molecule has 2 aromatic heterocycles. The van der Waals surface area contributed by atoms with Gasteiger partial charge in [0, 0.05) is 29.2 Å². The molecule has 0 atom stereocenters. The molecular formula is C15H15ClN6O. The Morgan fingerprint density at radius 3 is 3.00 bits per heavy atom. The molecule has 0 fully saturated rings. The first-order valence-electron chi connectivity index (χ1n) is 7.08. The molecule has 1 aromatic carbocycles. The second-order valence-electron chi connectivity index (χ2n) is 5.01. The van der Waals surface area contributed by atoms with Gasteiger partial charge in [0.2, 0.25) is 0 Å². The van der Waals surface area contributed by atoms with Gasteiger partial charge in [0.25, 0.3) is 5.91 Å². The van der Waals surface area contributed by atoms with Gasteiger partial charge in [-0.1, -0.05) is 23.7 Å². The van der Waals surface area contributed by atoms with Gasteiger partial charge in [0.15, 0.2) is 0 Å². The summed E-state index contributed by atoms with van der Waals surface area (Å²) in [7, 11) is 0. The van der Waals surface area contributed by atoms with Crippen LogP contribution in [-0.4, -0.2) is 37.6 Å². The number of aromatic amines is 2. The van der Waals surface area contributed by atoms with Gasteiger partial charge in [-0.05, 0) is 19.1 Å². The van der Waals surface area contributed by atoms with Gasteiger partial charge < -0.3 is 10.3 Å². The fourth-order valence-corrected chi connectivity index (χ4v) is 2.37. The summed E-state index contributed by atoms with van der Waals surface area (Å²) < 4.78 is 0. The number of hydrogen-bond donors (Lipinski definition) is 3. The number of hydrogen-bond acceptors (Lipinski definition) is 4. The highest BCUT2D eigenvalue weighted by Crippen LogP contribution is 2.21. The Morgan fingerprint density at radius 2 is 2.26 bits per heavy atom. The van der Waals surface area contributed by atoms with Crippen molar-refractivity contribution >= 4 is 17.5 Å². The molecule has 0 aliphatic heterocycles. The Labute approximate surface area is 137 Å². The average Bonchev–Trinajstić information content (AvgIpc) is 3.17. The lowest BCUT2D eigenvalue weighted by Gasteiger charge is -2.01. The van der Waals surface area contributed by atoms with E-state index in [1.165, 1.54) is 6.33 Å². The van der Waals surface area contributed by atoms with Crippen molar-refractivity contribution < 1.29 is 4.79 Å². The van der Waals surface area contributed by atoms with Crippen molar-refractivity contribution in [3.8, 4) is 11.4 Å². The minimum absolute atomic E-state index is 0.230. The number of benzene rings is 1. The molecule has 3 rings (SSSR count). The van der Waals surface area contributed by atoms with Crippen LogP contribution in [0.5, 0.6) is 0 Å². The zero-order valence-electron chi connectivity index (χ0n) is 12.4. The summed E-state index contributed by atoms with van der Waals surface area (Å²) in [4.78, 5) is 23.7. The van der Waals surface area contributed by atoms with E-state index in [9.17, 15) is 4.79 Å². The van der Waals surface area contributed by atoms with Crippen LogP contribution < -0.4 is 5.32 Å². The van der Waals surface area contributed by atoms with Crippen LogP contribution in [0.15, 0.2) is 30.6 Å². The molecule has 0 spiro atoms. The smallest absolute Gasteiger partial charge is 0.271 e. The van der Waals surface area contributed by atoms with Gasteiger partial charge in [-0.15, -0.1) is 0 Å². The summed E-state index contributed by atoms with van der Waals surface area (Å²) in [6, 6.07) is 7.31. The molecule has 0 saturated heterocycles. The lowest BCUT2D eigenvalue weighted by atomic mass is 10.2. The maximum atomic E-state index is 12.2. The average molecular weight is 331 g/mol. The van der Waals surface area contributed by atoms with Gasteiger partial charge in [0.1, 0.15) is 23.7 Å². The van der Waals surface area contributed by atoms with Crippen LogP contribution in [0.25, 0.3) is 11.4 Å². The number of carbonyl (C=O) groups excluding carboxylic acids is 1. The highest BCUT2D eigenvalue weighted by atomic mass is 35.5. The normalized spacial score (nSPS) is 10.7. The predicted molar refractivity (Wildman–Crippen MR) is 86.2 cm³/mol. The van der Waals surface area contributed by atoms with Crippen molar-refractivity contribution in [2.24, 2.45) is 0 Å². The first-order valence-corrected chi connectivity index (χ1v) is 7.46. The number of H-pyrrole nitrogens is 2. The van der Waals surface area contributed by atoms with E-state index >= 15 is 0 Å². The summed E-state index contributed by atoms with van der Waals surface area (Å²) in [5.41, 5.74) is 1.91. The van der Waals surface area contributed by atoms with E-state index in [4.69, 9.17) is 11.6 Å². The van der Waals surface area contributed by atoms with E-state index in [2.05, 4.69) is 30.5 Å². The van der Waals surface area contributed by atoms with Crippen molar-refractivity contribution in [3.05, 3.63) is 52.8 Å². The fourth-order valence-electron chi connectivity index (χ4n) is 2.18. The summed E-state index contributed by atoms with van der Waals surface area (Å²) >= 11 is 5.99. The number of aromatic nitrogens is 5. The predicted octanol–water partition coefficient (Wildman–Crippen LogP) is 2.13. The first-order chi connectivity index (χ1) is 11.1. The molecule has 3 N–H and O–H groups in total. The highest BCUT2D eigenvalue weighted by Gasteiger charge is 2.15. The molecule has 118 valence electrons. The van der Waals surface area contributed by atoms with Crippen LogP contribution in [0.3, 0.4) is 0 Å². The third-order valence-electron chi connectivity index (χ3n) is 3.31. The van der Waals surface area contributed by atoms with Gasteiger partial charge >= 0.3 is 0 Å². The number of carbonyl (C=O) groups is 1. The number of nitrogens with zero attached hydrogens (tertiary/aromatic N) is 3. The van der Waals surface area contributed by atoms with E-state index in [0.717, 1.165) is 11.4 Å². The fraction of sp³-hybridized carbons (Fsp3) is 0.200. The minimum Gasteiger partial charge on any atom is -0.350 e. The number of aryl methyl sites for hydroxylation is 1. The maximum Gasteiger partial charge on any atom is 0.271 e. The Morgan fingerprint density at radius 1 is 1.39 bits per heavy atom. The summed E-state index contributed by atoms with van der Waals surface area (Å²) in [6.45, 7) is 2.26. The van der Waals surface area contributed by atoms with Crippen LogP contribution in [0.2, 0.25) is 5.02 Å². The number of rotatable bonds is 5. The van der Waals surface area contributed by atoms with Gasteiger partial charge in [-0.3, -0.25) is 9.89 Å². The van der Waals surface area contributed by atoms with E-state index in [0.29, 0.717) is 35.2 Å². The van der Waals surface area contributed by atoms with Crippen molar-refractivity contribution in [1.29, 1.82) is 0 Å². The Kier molecular flexibility index (Phi) is 4.38. The topological polar surface area (TPSA) is 99.3 Å². The highest BCUT2D eigenvalue weighted by molar-refractivity contribution is 6.30. The van der Waals surface area contributed by atoms with Crippen LogP contribution >= 0.6 is 11.6 Å². The van der Waals surface area contributed by atoms with Crippen LogP contribution in [0, 0.1) is 6.92 Å². The first kappa shape index (κ1) is 15.2. The number of halogens is 1. The number of amides is 1. The minimum atomic E-state index is -0.230. The molecule has 0 bridgehead atoms. The third kappa shape index (κ3) is 3.57. The molecule has 7 nitrogen and oxygen atoms in total. The van der Waals surface area contributed by atoms with Crippen molar-refractivity contribution in [2.45, 2.75) is 13.3 Å². The quantitative estimate of drug-likeness (QED) is 0.667. The van der Waals surface area contributed by atoms with Crippen molar-refractivity contribution in [2.75, 3.05) is 6.54 Å². The Balaban J connectivity index is 1.69. The van der Waals surface area contributed by atoms with Crippen molar-refractivity contribution in [1.82, 2.24) is 30.5 Å². The molecule has 8 heteroatoms. The zero-order valence-corrected chi connectivity index (χ0v) is 13.2. The van der Waals surface area contributed by atoms with Crippen LogP contribution in [-0.2, 0) is 6.42 Å². The molecule has 3 aromatic rings. The Hall–Kier alpha value is -2.67. The maximum absolute atomic E-state index is 12.2. The molecule has 2 heterocycles. The summed E-state index contributed by atoms with van der Waals surface area (Å²) in [6.07, 6.45) is 2.02. The third-order valence-corrected chi connectivity index (χ3v) is 3.55. The van der Waals surface area contributed by atoms with E-state index in [-0.39, 0.29) is 5.91 Å². The largest absolute Gasteiger partial charge is 0.350 e. The molecule has 23 heavy (non-hydrogen) atoms. The second kappa shape index (κ2) is 6.62. The SMILES string of the molecule is Cc1[nH]c(-c2cccc(Cl)c2)nc1C(=O)NCCc1ncn[nH]1. The number of nitrogens with one attached hydrogen (secondary N) is 3. The lowest BCUT2D eigenvalue weighted by molar-refractivity contribution is 0.0949. The van der Waals surface area contributed by atoms with Gasteiger partial charge in [0.05, 0.1) is 0 Å². The molecule has 0 saturated carbocycles. The number of imidazole rings is 1. The van der Waals surface area contributed by atoms with E-state index in [1.807, 2.05) is 19.1 Å². The summed E-state index contributed by atoms with van der Waals surface area (Å²) in [5, 5.41) is 9.94. The summed E-state index contributed by atoms with van der Waals surface area (Å²) in [5.74, 6) is 1.11. The molecular weight excluding hydrogens is 316 g/mol.